The zero-order valence-corrected chi connectivity index (χ0v) is 40.7. The number of nitrogens with two attached hydrogens (primary N) is 1. The van der Waals surface area contributed by atoms with Crippen molar-refractivity contribution in [3.8, 4) is 56.8 Å². The third-order valence-corrected chi connectivity index (χ3v) is 12.2. The Morgan fingerprint density at radius 3 is 1.32 bits per heavy atom. The molecule has 0 unspecified atom stereocenters. The first-order valence-electron chi connectivity index (χ1n) is 20.2. The molecule has 8 aromatic rings. The van der Waals surface area contributed by atoms with Crippen LogP contribution >= 0.6 is 46.4 Å². The Labute approximate surface area is 411 Å². The Morgan fingerprint density at radius 1 is 0.559 bits per heavy atom. The van der Waals surface area contributed by atoms with E-state index in [0.717, 1.165) is 16.6 Å². The van der Waals surface area contributed by atoms with Gasteiger partial charge in [0.05, 0.1) is 90.1 Å². The molecule has 0 fully saturated rings. The molecule has 352 valence electrons. The first kappa shape index (κ1) is 48.7. The number of methoxy groups -OCH3 is 6. The summed E-state index contributed by atoms with van der Waals surface area (Å²) in [5.74, 6) is 3.23. The molecule has 0 saturated carbocycles. The maximum atomic E-state index is 11.4. The van der Waals surface area contributed by atoms with Crippen molar-refractivity contribution in [1.29, 1.82) is 0 Å². The van der Waals surface area contributed by atoms with E-state index >= 15 is 0 Å². The van der Waals surface area contributed by atoms with E-state index in [9.17, 15) is 10.1 Å². The van der Waals surface area contributed by atoms with Gasteiger partial charge in [0, 0.05) is 77.2 Å². The number of halogens is 4. The third-order valence-electron chi connectivity index (χ3n) is 10.7. The number of nitrogen functional groups attached to an aromatic ring is 1. The quantitative estimate of drug-likeness (QED) is 0.0559. The fourth-order valence-corrected chi connectivity index (χ4v) is 8.67. The van der Waals surface area contributed by atoms with E-state index in [0.29, 0.717) is 116 Å². The number of nitro benzene ring substituents is 1. The highest BCUT2D eigenvalue weighted by atomic mass is 35.5. The van der Waals surface area contributed by atoms with Gasteiger partial charge in [-0.3, -0.25) is 10.1 Å². The highest BCUT2D eigenvalue weighted by molar-refractivity contribution is 6.42. The average molecular weight is 1000 g/mol. The van der Waals surface area contributed by atoms with Crippen LogP contribution in [0.3, 0.4) is 0 Å². The minimum Gasteiger partial charge on any atom is -0.496 e. The molecule has 16 nitrogen and oxygen atoms in total. The van der Waals surface area contributed by atoms with Gasteiger partial charge in [0.2, 0.25) is 11.9 Å². The number of fused-ring (bicyclic) bond motifs is 2. The van der Waals surface area contributed by atoms with Gasteiger partial charge in [0.25, 0.3) is 5.69 Å². The maximum absolute atomic E-state index is 11.4. The molecule has 0 amide bonds. The molecule has 8 rings (SSSR count). The van der Waals surface area contributed by atoms with Crippen LogP contribution in [-0.4, -0.2) is 67.5 Å². The monoisotopic (exact) mass is 1000 g/mol. The lowest BCUT2D eigenvalue weighted by Crippen LogP contribution is -2.03. The molecule has 68 heavy (non-hydrogen) atoms. The van der Waals surface area contributed by atoms with E-state index in [1.54, 1.807) is 68.9 Å². The van der Waals surface area contributed by atoms with Gasteiger partial charge in [-0.1, -0.05) is 70.7 Å². The van der Waals surface area contributed by atoms with Crippen LogP contribution in [0.5, 0.6) is 34.5 Å². The van der Waals surface area contributed by atoms with Crippen molar-refractivity contribution in [2.24, 2.45) is 0 Å². The molecule has 0 aliphatic carbocycles. The molecule has 0 aliphatic rings. The lowest BCUT2D eigenvalue weighted by Gasteiger charge is -2.17. The van der Waals surface area contributed by atoms with Gasteiger partial charge in [-0.25, -0.2) is 19.9 Å². The first-order valence-corrected chi connectivity index (χ1v) is 21.7. The molecule has 0 atom stereocenters. The summed E-state index contributed by atoms with van der Waals surface area (Å²) in [6.07, 6.45) is 3.30. The van der Waals surface area contributed by atoms with Crippen LogP contribution in [0, 0.1) is 24.0 Å². The topological polar surface area (TPSA) is 200 Å². The van der Waals surface area contributed by atoms with Crippen LogP contribution < -0.4 is 44.8 Å². The number of aromatic nitrogens is 4. The smallest absolute Gasteiger partial charge is 0.293 e. The van der Waals surface area contributed by atoms with Gasteiger partial charge in [-0.2, -0.15) is 0 Å². The number of nitrogens with one attached hydrogen (secondary N) is 2. The van der Waals surface area contributed by atoms with Crippen molar-refractivity contribution in [1.82, 2.24) is 19.9 Å². The van der Waals surface area contributed by atoms with Crippen molar-refractivity contribution >= 4 is 103 Å². The molecular formula is C48H44Cl4N8O8. The molecule has 0 aliphatic heterocycles. The number of anilines is 5. The number of hydrogen-bond donors (Lipinski definition) is 3. The molecule has 2 aromatic heterocycles. The SMILES string of the molecule is COc1cc2nc(Nc3c(C)cccc3N)ncc2cc1-c1c(Cl)c(OC)cc(OC)c1Cl.COc1cc2nc(Nc3c(C)cccc3[N+](=O)[O-])ncc2cc1-c1c(Cl)c(OC)cc(OC)c1Cl.[HH]. The predicted molar refractivity (Wildman–Crippen MR) is 271 cm³/mol. The number of hydrogen-bond acceptors (Lipinski definition) is 15. The first-order chi connectivity index (χ1) is 32.7. The molecule has 0 bridgehead atoms. The van der Waals surface area contributed by atoms with Gasteiger partial charge in [-0.05, 0) is 43.2 Å². The molecular weight excluding hydrogens is 958 g/mol. The van der Waals surface area contributed by atoms with Crippen LogP contribution in [0.4, 0.5) is 34.6 Å². The second-order valence-electron chi connectivity index (χ2n) is 14.7. The average Bonchev–Trinajstić information content (AvgIpc) is 3.33. The molecule has 6 aromatic carbocycles. The highest BCUT2D eigenvalue weighted by Crippen LogP contribution is 2.51. The van der Waals surface area contributed by atoms with E-state index in [4.69, 9.17) is 80.6 Å². The summed E-state index contributed by atoms with van der Waals surface area (Å²) in [5, 5.41) is 20.3. The summed E-state index contributed by atoms with van der Waals surface area (Å²) in [6, 6.07) is 20.9. The molecule has 0 saturated heterocycles. The van der Waals surface area contributed by atoms with Gasteiger partial charge in [0.15, 0.2) is 0 Å². The summed E-state index contributed by atoms with van der Waals surface area (Å²) in [5.41, 5.74) is 12.9. The predicted octanol–water partition coefficient (Wildman–Crippen LogP) is 13.1. The number of para-hydroxylation sites is 2. The zero-order chi connectivity index (χ0) is 49.0. The van der Waals surface area contributed by atoms with E-state index in [1.807, 2.05) is 31.2 Å². The van der Waals surface area contributed by atoms with Gasteiger partial charge >= 0.3 is 0 Å². The number of rotatable bonds is 13. The largest absolute Gasteiger partial charge is 0.496 e. The number of nitro groups is 1. The van der Waals surface area contributed by atoms with E-state index < -0.39 is 4.92 Å². The molecule has 4 N–H and O–H groups in total. The molecule has 0 spiro atoms. The van der Waals surface area contributed by atoms with Crippen LogP contribution in [0.25, 0.3) is 44.1 Å². The van der Waals surface area contributed by atoms with Gasteiger partial charge in [-0.15, -0.1) is 0 Å². The van der Waals surface area contributed by atoms with Crippen molar-refractivity contribution in [2.75, 3.05) is 59.0 Å². The number of benzene rings is 6. The fourth-order valence-electron chi connectivity index (χ4n) is 7.26. The van der Waals surface area contributed by atoms with Crippen molar-refractivity contribution in [2.45, 2.75) is 13.8 Å². The van der Waals surface area contributed by atoms with Crippen LogP contribution in [0.2, 0.25) is 20.1 Å². The van der Waals surface area contributed by atoms with Gasteiger partial charge < -0.3 is 44.8 Å². The number of ether oxygens (including phenoxy) is 6. The minimum absolute atomic E-state index is 0. The Hall–Kier alpha value is -7.24. The third kappa shape index (κ3) is 9.62. The Morgan fingerprint density at radius 2 is 0.941 bits per heavy atom. The molecule has 2 heterocycles. The van der Waals surface area contributed by atoms with Gasteiger partial charge in [0.1, 0.15) is 40.2 Å². The summed E-state index contributed by atoms with van der Waals surface area (Å²) in [4.78, 5) is 29.0. The summed E-state index contributed by atoms with van der Waals surface area (Å²) in [7, 11) is 9.13. The van der Waals surface area contributed by atoms with Crippen LogP contribution in [-0.2, 0) is 0 Å². The lowest BCUT2D eigenvalue weighted by atomic mass is 10.0. The summed E-state index contributed by atoms with van der Waals surface area (Å²) < 4.78 is 32.9. The van der Waals surface area contributed by atoms with Crippen LogP contribution in [0.15, 0.2) is 85.2 Å². The summed E-state index contributed by atoms with van der Waals surface area (Å²) >= 11 is 26.5. The molecule has 20 heteroatoms. The summed E-state index contributed by atoms with van der Waals surface area (Å²) in [6.45, 7) is 3.73. The number of aryl methyl sites for hydroxylation is 2. The lowest BCUT2D eigenvalue weighted by molar-refractivity contribution is -0.384. The zero-order valence-electron chi connectivity index (χ0n) is 37.7. The molecule has 0 radical (unpaired) electrons. The second kappa shape index (κ2) is 20.7. The second-order valence-corrected chi connectivity index (χ2v) is 16.2. The standard InChI is InChI=1S/C24H20Cl2N4O5.C24H22Cl2N4O3.H2/c1-12-6-5-7-16(30(31)32)23(12)29-24-27-11-13-8-14(17(33-2)9-15(13)28-24)20-21(25)18(34-3)10-19(35-4)22(20)26;1-12-6-5-7-15(27)23(12)30-24-28-11-13-8-14(17(31-2)9-16(13)29-24)20-21(25)18(32-3)10-19(33-4)22(20)26;/h5-11H,1-4H3,(H,27,28,29);5-11H,27H2,1-4H3,(H,28,29,30);1H. The van der Waals surface area contributed by atoms with Crippen molar-refractivity contribution < 1.29 is 34.8 Å². The van der Waals surface area contributed by atoms with E-state index in [1.165, 1.54) is 41.6 Å². The Kier molecular flexibility index (Phi) is 14.8. The van der Waals surface area contributed by atoms with Crippen molar-refractivity contribution in [3.05, 3.63) is 127 Å². The van der Waals surface area contributed by atoms with Crippen molar-refractivity contribution in [3.63, 3.8) is 0 Å². The highest BCUT2D eigenvalue weighted by Gasteiger charge is 2.25. The Balaban J connectivity index is 0.000000224. The fraction of sp³-hybridized carbons (Fsp3) is 0.167. The maximum Gasteiger partial charge on any atom is 0.293 e. The number of nitrogens with zero attached hydrogens (tertiary/aromatic N) is 5. The normalized spacial score (nSPS) is 10.8. The van der Waals surface area contributed by atoms with Crippen LogP contribution in [0.1, 0.15) is 12.6 Å². The Bertz CT molecular complexity index is 3180. The minimum atomic E-state index is -0.457. The van der Waals surface area contributed by atoms with E-state index in [-0.39, 0.29) is 13.1 Å². The van der Waals surface area contributed by atoms with E-state index in [2.05, 4.69) is 30.6 Å².